The van der Waals surface area contributed by atoms with Gasteiger partial charge >= 0.3 is 0 Å². The van der Waals surface area contributed by atoms with Crippen molar-refractivity contribution in [3.8, 4) is 0 Å². The van der Waals surface area contributed by atoms with Gasteiger partial charge in [-0.25, -0.2) is 0 Å². The number of carbonyl (C=O) groups is 2. The summed E-state index contributed by atoms with van der Waals surface area (Å²) in [6, 6.07) is 10.5. The Morgan fingerprint density at radius 2 is 1.96 bits per heavy atom. The van der Waals surface area contributed by atoms with Crippen molar-refractivity contribution in [3.05, 3.63) is 58.4 Å². The zero-order valence-corrected chi connectivity index (χ0v) is 15.1. The molecule has 1 saturated heterocycles. The second kappa shape index (κ2) is 7.23. The summed E-state index contributed by atoms with van der Waals surface area (Å²) in [7, 11) is 0. The lowest BCUT2D eigenvalue weighted by atomic mass is 10.1. The molecule has 132 valence electrons. The maximum absolute atomic E-state index is 12.6. The van der Waals surface area contributed by atoms with Crippen LogP contribution in [0.2, 0.25) is 0 Å². The minimum absolute atomic E-state index is 0.0137. The molecule has 0 bridgehead atoms. The van der Waals surface area contributed by atoms with Crippen molar-refractivity contribution >= 4 is 11.7 Å². The number of nitrogens with one attached hydrogen (secondary N) is 2. The van der Waals surface area contributed by atoms with Crippen LogP contribution in [0.25, 0.3) is 0 Å². The summed E-state index contributed by atoms with van der Waals surface area (Å²) in [6.07, 6.45) is 0.941. The Balaban J connectivity index is 1.61. The van der Waals surface area contributed by atoms with Crippen LogP contribution in [-0.2, 0) is 6.54 Å². The molecule has 2 aromatic rings. The summed E-state index contributed by atoms with van der Waals surface area (Å²) < 4.78 is 0. The Hall–Kier alpha value is -2.40. The van der Waals surface area contributed by atoms with E-state index in [4.69, 9.17) is 0 Å². The third-order valence-corrected chi connectivity index (χ3v) is 4.87. The molecule has 2 heterocycles. The van der Waals surface area contributed by atoms with Gasteiger partial charge in [-0.1, -0.05) is 30.3 Å². The number of aromatic amines is 1. The maximum Gasteiger partial charge on any atom is 0.268 e. The van der Waals surface area contributed by atoms with Gasteiger partial charge in [-0.05, 0) is 38.3 Å². The second-order valence-corrected chi connectivity index (χ2v) is 6.86. The van der Waals surface area contributed by atoms with Gasteiger partial charge in [0.2, 0.25) is 0 Å². The number of likely N-dealkylation sites (tertiary alicyclic amines) is 1. The van der Waals surface area contributed by atoms with Crippen LogP contribution < -0.4 is 5.32 Å². The molecule has 1 unspecified atom stereocenters. The minimum atomic E-state index is -0.125. The van der Waals surface area contributed by atoms with Gasteiger partial charge in [-0.15, -0.1) is 0 Å². The number of carbonyl (C=O) groups excluding carboxylic acids is 2. The van der Waals surface area contributed by atoms with E-state index in [2.05, 4.69) is 27.3 Å². The molecule has 1 aromatic heterocycles. The van der Waals surface area contributed by atoms with Gasteiger partial charge in [0.25, 0.3) is 5.91 Å². The summed E-state index contributed by atoms with van der Waals surface area (Å²) in [5, 5.41) is 3.11. The molecule has 1 amide bonds. The van der Waals surface area contributed by atoms with Crippen molar-refractivity contribution in [2.45, 2.75) is 39.8 Å². The SMILES string of the molecule is CC(=O)c1c(C)[nH]c(C(=O)NC2CCN(Cc3ccccc3)C2)c1C. The lowest BCUT2D eigenvalue weighted by Crippen LogP contribution is -2.37. The number of nitrogens with zero attached hydrogens (tertiary/aromatic N) is 1. The van der Waals surface area contributed by atoms with Crippen LogP contribution in [0.3, 0.4) is 0 Å². The lowest BCUT2D eigenvalue weighted by molar-refractivity contribution is 0.0932. The summed E-state index contributed by atoms with van der Waals surface area (Å²) in [4.78, 5) is 29.8. The van der Waals surface area contributed by atoms with E-state index in [9.17, 15) is 9.59 Å². The number of amides is 1. The van der Waals surface area contributed by atoms with E-state index in [1.807, 2.05) is 32.0 Å². The number of aryl methyl sites for hydroxylation is 1. The number of ketones is 1. The third kappa shape index (κ3) is 3.82. The smallest absolute Gasteiger partial charge is 0.268 e. The normalized spacial score (nSPS) is 17.6. The Bertz CT molecular complexity index is 780. The first-order chi connectivity index (χ1) is 12.0. The monoisotopic (exact) mass is 339 g/mol. The maximum atomic E-state index is 12.6. The molecule has 1 fully saturated rings. The van der Waals surface area contributed by atoms with Crippen molar-refractivity contribution in [2.24, 2.45) is 0 Å². The van der Waals surface area contributed by atoms with Crippen LogP contribution in [-0.4, -0.2) is 40.7 Å². The average molecular weight is 339 g/mol. The highest BCUT2D eigenvalue weighted by atomic mass is 16.2. The molecule has 1 atom stereocenters. The quantitative estimate of drug-likeness (QED) is 0.823. The fourth-order valence-electron chi connectivity index (χ4n) is 3.70. The van der Waals surface area contributed by atoms with Crippen molar-refractivity contribution in [3.63, 3.8) is 0 Å². The van der Waals surface area contributed by atoms with Crippen LogP contribution in [0.5, 0.6) is 0 Å². The topological polar surface area (TPSA) is 65.2 Å². The van der Waals surface area contributed by atoms with Gasteiger partial charge in [0.1, 0.15) is 5.69 Å². The number of benzene rings is 1. The van der Waals surface area contributed by atoms with Gasteiger partial charge in [0.15, 0.2) is 5.78 Å². The zero-order chi connectivity index (χ0) is 18.0. The molecule has 5 heteroatoms. The van der Waals surface area contributed by atoms with Gasteiger partial charge in [0, 0.05) is 36.9 Å². The van der Waals surface area contributed by atoms with E-state index < -0.39 is 0 Å². The first-order valence-electron chi connectivity index (χ1n) is 8.73. The molecular formula is C20H25N3O2. The second-order valence-electron chi connectivity index (χ2n) is 6.86. The van der Waals surface area contributed by atoms with Crippen molar-refractivity contribution in [2.75, 3.05) is 13.1 Å². The fourth-order valence-corrected chi connectivity index (χ4v) is 3.70. The fraction of sp³-hybridized carbons (Fsp3) is 0.400. The molecule has 5 nitrogen and oxygen atoms in total. The predicted octanol–water partition coefficient (Wildman–Crippen LogP) is 2.84. The highest BCUT2D eigenvalue weighted by Gasteiger charge is 2.26. The van der Waals surface area contributed by atoms with E-state index in [-0.39, 0.29) is 17.7 Å². The summed E-state index contributed by atoms with van der Waals surface area (Å²) in [5.41, 5.74) is 3.91. The Kier molecular flexibility index (Phi) is 5.04. The van der Waals surface area contributed by atoms with Crippen molar-refractivity contribution < 1.29 is 9.59 Å². The lowest BCUT2D eigenvalue weighted by Gasteiger charge is -2.16. The molecular weight excluding hydrogens is 314 g/mol. The van der Waals surface area contributed by atoms with Crippen LogP contribution in [0, 0.1) is 13.8 Å². The van der Waals surface area contributed by atoms with Crippen LogP contribution in [0.15, 0.2) is 30.3 Å². The van der Waals surface area contributed by atoms with Crippen LogP contribution in [0.1, 0.15) is 51.0 Å². The number of H-pyrrole nitrogens is 1. The largest absolute Gasteiger partial charge is 0.354 e. The van der Waals surface area contributed by atoms with Crippen molar-refractivity contribution in [1.29, 1.82) is 0 Å². The molecule has 2 N–H and O–H groups in total. The molecule has 3 rings (SSSR count). The number of hydrogen-bond donors (Lipinski definition) is 2. The standard InChI is InChI=1S/C20H25N3O2/c1-13-18(15(3)24)14(2)21-19(13)20(25)22-17-9-10-23(12-17)11-16-7-5-4-6-8-16/h4-8,17,21H,9-12H2,1-3H3,(H,22,25). The Morgan fingerprint density at radius 3 is 2.60 bits per heavy atom. The van der Waals surface area contributed by atoms with Crippen LogP contribution >= 0.6 is 0 Å². The molecule has 0 saturated carbocycles. The van der Waals surface area contributed by atoms with Crippen molar-refractivity contribution in [1.82, 2.24) is 15.2 Å². The molecule has 25 heavy (non-hydrogen) atoms. The van der Waals surface area contributed by atoms with Gasteiger partial charge < -0.3 is 10.3 Å². The van der Waals surface area contributed by atoms with Gasteiger partial charge in [-0.3, -0.25) is 14.5 Å². The zero-order valence-electron chi connectivity index (χ0n) is 15.1. The van der Waals surface area contributed by atoms with Gasteiger partial charge in [0.05, 0.1) is 0 Å². The van der Waals surface area contributed by atoms with E-state index in [1.165, 1.54) is 12.5 Å². The van der Waals surface area contributed by atoms with E-state index >= 15 is 0 Å². The number of hydrogen-bond acceptors (Lipinski definition) is 3. The first-order valence-corrected chi connectivity index (χ1v) is 8.73. The molecule has 0 spiro atoms. The van der Waals surface area contributed by atoms with E-state index in [0.717, 1.165) is 37.3 Å². The van der Waals surface area contributed by atoms with Gasteiger partial charge in [-0.2, -0.15) is 0 Å². The molecule has 1 aliphatic heterocycles. The van der Waals surface area contributed by atoms with E-state index in [0.29, 0.717) is 11.3 Å². The summed E-state index contributed by atoms with van der Waals surface area (Å²) in [5.74, 6) is -0.139. The highest BCUT2D eigenvalue weighted by Crippen LogP contribution is 2.19. The highest BCUT2D eigenvalue weighted by molar-refractivity contribution is 6.02. The number of rotatable bonds is 5. The number of Topliss-reactive ketones (excluding diaryl/α,β-unsaturated/α-hetero) is 1. The molecule has 1 aliphatic rings. The van der Waals surface area contributed by atoms with Crippen LogP contribution in [0.4, 0.5) is 0 Å². The van der Waals surface area contributed by atoms with E-state index in [1.54, 1.807) is 0 Å². The Morgan fingerprint density at radius 1 is 1.24 bits per heavy atom. The summed E-state index contributed by atoms with van der Waals surface area (Å²) >= 11 is 0. The predicted molar refractivity (Wildman–Crippen MR) is 97.9 cm³/mol. The molecule has 0 radical (unpaired) electrons. The number of aromatic nitrogens is 1. The molecule has 1 aromatic carbocycles. The Labute approximate surface area is 148 Å². The third-order valence-electron chi connectivity index (χ3n) is 4.87. The first kappa shape index (κ1) is 17.4. The summed E-state index contributed by atoms with van der Waals surface area (Å²) in [6.45, 7) is 7.91. The minimum Gasteiger partial charge on any atom is -0.354 e. The molecule has 0 aliphatic carbocycles. The average Bonchev–Trinajstić information content (AvgIpc) is 3.12.